The number of likely N-dealkylation sites (N-methyl/N-ethyl adjacent to an activating group) is 1. The monoisotopic (exact) mass is 254 g/mol. The van der Waals surface area contributed by atoms with Gasteiger partial charge < -0.3 is 27.0 Å². The highest BCUT2D eigenvalue weighted by Crippen LogP contribution is 2.23. The number of aromatic hydroxyl groups is 1. The molecule has 0 saturated heterocycles. The van der Waals surface area contributed by atoms with Crippen molar-refractivity contribution in [2.45, 2.75) is 6.42 Å². The van der Waals surface area contributed by atoms with Crippen LogP contribution >= 0.6 is 0 Å². The second-order valence-electron chi connectivity index (χ2n) is 5.31. The Morgan fingerprint density at radius 3 is 2.59 bits per heavy atom. The van der Waals surface area contributed by atoms with E-state index in [0.29, 0.717) is 5.75 Å². The first-order valence-corrected chi connectivity index (χ1v) is 5.55. The average Bonchev–Trinajstić information content (AvgIpc) is 2.56. The van der Waals surface area contributed by atoms with Crippen LogP contribution in [-0.2, 0) is 6.42 Å². The van der Waals surface area contributed by atoms with E-state index in [0.717, 1.165) is 28.4 Å². The Balaban J connectivity index is 0.00000144. The third kappa shape index (κ3) is 3.38. The Labute approximate surface area is 108 Å². The average molecular weight is 255 g/mol. The lowest BCUT2D eigenvalue weighted by molar-refractivity contribution is -0.870. The van der Waals surface area contributed by atoms with Crippen molar-refractivity contribution in [2.75, 3.05) is 27.7 Å². The van der Waals surface area contributed by atoms with Crippen molar-refractivity contribution in [2.24, 2.45) is 0 Å². The maximum atomic E-state index is 9.48. The number of nitrogens with one attached hydrogen (secondary N) is 1. The van der Waals surface area contributed by atoms with Gasteiger partial charge in [0, 0.05) is 23.5 Å². The summed E-state index contributed by atoms with van der Waals surface area (Å²) in [6.07, 6.45) is 3.06. The number of rotatable bonds is 3. The second kappa shape index (κ2) is 4.98. The molecular formula is C13H19ClN2O. The number of aromatic nitrogens is 1. The minimum absolute atomic E-state index is 0. The molecule has 0 radical (unpaired) electrons. The van der Waals surface area contributed by atoms with E-state index in [-0.39, 0.29) is 12.4 Å². The molecule has 3 nitrogen and oxygen atoms in total. The molecule has 1 heterocycles. The number of phenolic OH excluding ortho intramolecular Hbond substituents is 1. The highest BCUT2D eigenvalue weighted by Gasteiger charge is 2.10. The van der Waals surface area contributed by atoms with Crippen LogP contribution in [0.4, 0.5) is 0 Å². The fourth-order valence-corrected chi connectivity index (χ4v) is 1.83. The number of aromatic amines is 1. The van der Waals surface area contributed by atoms with Crippen LogP contribution in [-0.4, -0.2) is 42.3 Å². The summed E-state index contributed by atoms with van der Waals surface area (Å²) in [5, 5.41) is 10.6. The smallest absolute Gasteiger partial charge is 0.116 e. The van der Waals surface area contributed by atoms with E-state index in [1.807, 2.05) is 18.3 Å². The van der Waals surface area contributed by atoms with Crippen LogP contribution in [0, 0.1) is 0 Å². The molecule has 0 spiro atoms. The van der Waals surface area contributed by atoms with Gasteiger partial charge in [-0.25, -0.2) is 0 Å². The largest absolute Gasteiger partial charge is 1.00 e. The molecule has 2 aromatic rings. The van der Waals surface area contributed by atoms with E-state index in [1.54, 1.807) is 6.07 Å². The van der Waals surface area contributed by atoms with Crippen LogP contribution in [0.3, 0.4) is 0 Å². The van der Waals surface area contributed by atoms with Crippen LogP contribution in [0.2, 0.25) is 0 Å². The molecule has 0 saturated carbocycles. The van der Waals surface area contributed by atoms with E-state index in [4.69, 9.17) is 0 Å². The van der Waals surface area contributed by atoms with E-state index in [2.05, 4.69) is 26.1 Å². The second-order valence-corrected chi connectivity index (χ2v) is 5.31. The Bertz CT molecular complexity index is 500. The Morgan fingerprint density at radius 1 is 1.24 bits per heavy atom. The number of benzene rings is 1. The van der Waals surface area contributed by atoms with Crippen molar-refractivity contribution in [3.8, 4) is 5.75 Å². The zero-order chi connectivity index (χ0) is 11.8. The Kier molecular flexibility index (Phi) is 4.07. The molecule has 4 heteroatoms. The topological polar surface area (TPSA) is 36.0 Å². The lowest BCUT2D eigenvalue weighted by Gasteiger charge is -2.23. The number of fused-ring (bicyclic) bond motifs is 1. The number of halogens is 1. The fourth-order valence-electron chi connectivity index (χ4n) is 1.83. The standard InChI is InChI=1S/C13H18N2O.ClH/c1-15(2,3)7-6-10-9-14-13-5-4-11(16)8-12(10)13;/h4-5,8-9,14H,6-7H2,1-3H3;1H. The zero-order valence-electron chi connectivity index (χ0n) is 10.5. The first kappa shape index (κ1) is 13.9. The van der Waals surface area contributed by atoms with Crippen molar-refractivity contribution in [3.05, 3.63) is 30.0 Å². The molecular weight excluding hydrogens is 236 g/mol. The highest BCUT2D eigenvalue weighted by molar-refractivity contribution is 5.84. The van der Waals surface area contributed by atoms with Crippen LogP contribution in [0.1, 0.15) is 5.56 Å². The van der Waals surface area contributed by atoms with Gasteiger partial charge in [-0.05, 0) is 23.8 Å². The zero-order valence-corrected chi connectivity index (χ0v) is 11.3. The van der Waals surface area contributed by atoms with Gasteiger partial charge in [0.2, 0.25) is 0 Å². The quantitative estimate of drug-likeness (QED) is 0.687. The van der Waals surface area contributed by atoms with Gasteiger partial charge in [-0.15, -0.1) is 0 Å². The lowest BCUT2D eigenvalue weighted by atomic mass is 10.1. The van der Waals surface area contributed by atoms with E-state index >= 15 is 0 Å². The first-order valence-electron chi connectivity index (χ1n) is 5.55. The van der Waals surface area contributed by atoms with Gasteiger partial charge in [0.25, 0.3) is 0 Å². The van der Waals surface area contributed by atoms with Crippen molar-refractivity contribution in [1.29, 1.82) is 0 Å². The van der Waals surface area contributed by atoms with Gasteiger partial charge in [-0.1, -0.05) is 0 Å². The molecule has 0 unspecified atom stereocenters. The van der Waals surface area contributed by atoms with Crippen LogP contribution < -0.4 is 12.4 Å². The molecule has 1 aromatic carbocycles. The van der Waals surface area contributed by atoms with Crippen LogP contribution in [0.5, 0.6) is 5.75 Å². The van der Waals surface area contributed by atoms with Gasteiger partial charge in [0.1, 0.15) is 5.75 Å². The Morgan fingerprint density at radius 2 is 1.94 bits per heavy atom. The number of quaternary nitrogens is 1. The molecule has 0 amide bonds. The first-order chi connectivity index (χ1) is 7.46. The highest BCUT2D eigenvalue weighted by atomic mass is 35.5. The minimum atomic E-state index is 0. The summed E-state index contributed by atoms with van der Waals surface area (Å²) in [6, 6.07) is 5.46. The molecule has 94 valence electrons. The summed E-state index contributed by atoms with van der Waals surface area (Å²) >= 11 is 0. The summed E-state index contributed by atoms with van der Waals surface area (Å²) in [5.41, 5.74) is 2.37. The number of hydrogen-bond acceptors (Lipinski definition) is 1. The summed E-state index contributed by atoms with van der Waals surface area (Å²) in [7, 11) is 6.56. The van der Waals surface area contributed by atoms with Gasteiger partial charge in [0.05, 0.1) is 27.7 Å². The molecule has 2 N–H and O–H groups in total. The summed E-state index contributed by atoms with van der Waals surface area (Å²) in [4.78, 5) is 3.23. The van der Waals surface area contributed by atoms with E-state index in [9.17, 15) is 5.11 Å². The van der Waals surface area contributed by atoms with Crippen LogP contribution in [0.15, 0.2) is 24.4 Å². The number of H-pyrrole nitrogens is 1. The third-order valence-electron chi connectivity index (χ3n) is 2.80. The van der Waals surface area contributed by atoms with Gasteiger partial charge >= 0.3 is 0 Å². The summed E-state index contributed by atoms with van der Waals surface area (Å²) in [5.74, 6) is 0.332. The van der Waals surface area contributed by atoms with Crippen molar-refractivity contribution in [1.82, 2.24) is 4.98 Å². The fraction of sp³-hybridized carbons (Fsp3) is 0.385. The van der Waals surface area contributed by atoms with Crippen molar-refractivity contribution in [3.63, 3.8) is 0 Å². The molecule has 1 aromatic heterocycles. The number of nitrogens with zero attached hydrogens (tertiary/aromatic N) is 1. The van der Waals surface area contributed by atoms with Gasteiger partial charge in [0.15, 0.2) is 0 Å². The third-order valence-corrected chi connectivity index (χ3v) is 2.80. The van der Waals surface area contributed by atoms with E-state index in [1.165, 1.54) is 5.56 Å². The maximum absolute atomic E-state index is 9.48. The van der Waals surface area contributed by atoms with Gasteiger partial charge in [-0.3, -0.25) is 0 Å². The molecule has 0 aliphatic rings. The summed E-state index contributed by atoms with van der Waals surface area (Å²) < 4.78 is 0.950. The molecule has 0 aliphatic carbocycles. The molecule has 2 rings (SSSR count). The Hall–Kier alpha value is -1.19. The number of hydrogen-bond donors (Lipinski definition) is 2. The minimum Gasteiger partial charge on any atom is -1.00 e. The molecule has 17 heavy (non-hydrogen) atoms. The predicted octanol–water partition coefficient (Wildman–Crippen LogP) is -0.874. The van der Waals surface area contributed by atoms with Crippen molar-refractivity contribution < 1.29 is 22.0 Å². The van der Waals surface area contributed by atoms with Gasteiger partial charge in [-0.2, -0.15) is 0 Å². The lowest BCUT2D eigenvalue weighted by Crippen LogP contribution is -3.00. The molecule has 0 aliphatic heterocycles. The number of phenols is 1. The van der Waals surface area contributed by atoms with Crippen molar-refractivity contribution >= 4 is 10.9 Å². The predicted molar refractivity (Wildman–Crippen MR) is 66.6 cm³/mol. The molecule has 0 fully saturated rings. The normalized spacial score (nSPS) is 11.5. The maximum Gasteiger partial charge on any atom is 0.116 e. The van der Waals surface area contributed by atoms with Crippen LogP contribution in [0.25, 0.3) is 10.9 Å². The van der Waals surface area contributed by atoms with E-state index < -0.39 is 0 Å². The molecule has 0 bridgehead atoms. The summed E-state index contributed by atoms with van der Waals surface area (Å²) in [6.45, 7) is 1.09. The SMILES string of the molecule is C[N+](C)(C)CCc1c[nH]c2ccc(O)cc12.[Cl-]. The molecule has 0 atom stereocenters.